The van der Waals surface area contributed by atoms with Gasteiger partial charge in [-0.15, -0.1) is 10.2 Å². The zero-order valence-corrected chi connectivity index (χ0v) is 15.6. The van der Waals surface area contributed by atoms with Crippen molar-refractivity contribution in [3.63, 3.8) is 0 Å². The number of hydrogen-bond acceptors (Lipinski definition) is 5. The summed E-state index contributed by atoms with van der Waals surface area (Å²) in [6.45, 7) is 4.10. The lowest BCUT2D eigenvalue weighted by atomic mass is 10.1. The molecule has 1 heterocycles. The predicted octanol–water partition coefficient (Wildman–Crippen LogP) is 3.26. The molecule has 0 spiro atoms. The Bertz CT molecular complexity index is 905. The molecule has 3 rings (SSSR count). The molecule has 0 radical (unpaired) electrons. The van der Waals surface area contributed by atoms with Crippen LogP contribution in [0.15, 0.2) is 53.7 Å². The Morgan fingerprint density at radius 1 is 1.19 bits per heavy atom. The van der Waals surface area contributed by atoms with E-state index in [1.165, 1.54) is 22.0 Å². The number of benzene rings is 2. The first-order valence-corrected chi connectivity index (χ1v) is 9.34. The van der Waals surface area contributed by atoms with Gasteiger partial charge in [0.2, 0.25) is 11.1 Å². The molecule has 134 valence electrons. The lowest BCUT2D eigenvalue weighted by Gasteiger charge is -2.06. The molecule has 0 fully saturated rings. The van der Waals surface area contributed by atoms with E-state index in [0.29, 0.717) is 11.0 Å². The number of anilines is 1. The molecule has 0 saturated carbocycles. The number of nitrogens with zero attached hydrogens (tertiary/aromatic N) is 3. The van der Waals surface area contributed by atoms with E-state index in [1.807, 2.05) is 55.5 Å². The van der Waals surface area contributed by atoms with Crippen LogP contribution in [-0.4, -0.2) is 26.5 Å². The molecule has 0 aliphatic rings. The number of hydrogen-bond donors (Lipinski definition) is 2. The van der Waals surface area contributed by atoms with Crippen molar-refractivity contribution in [1.29, 1.82) is 0 Å². The second kappa shape index (κ2) is 8.05. The molecule has 0 bridgehead atoms. The molecule has 7 heteroatoms. The minimum Gasteiger partial charge on any atom is -0.335 e. The molecule has 2 aromatic carbocycles. The topological polar surface area (TPSA) is 85.8 Å². The van der Waals surface area contributed by atoms with E-state index in [2.05, 4.69) is 22.4 Å². The molecule has 1 amide bonds. The number of rotatable bonds is 6. The number of carbonyl (C=O) groups excluding carboxylic acids is 1. The van der Waals surface area contributed by atoms with Crippen LogP contribution in [0.25, 0.3) is 11.4 Å². The Kier molecular flexibility index (Phi) is 5.58. The summed E-state index contributed by atoms with van der Waals surface area (Å²) in [4.78, 5) is 12.1. The monoisotopic (exact) mass is 367 g/mol. The van der Waals surface area contributed by atoms with Crippen molar-refractivity contribution in [2.75, 3.05) is 16.9 Å². The molecular formula is C19H21N5OS. The third-order valence-corrected chi connectivity index (χ3v) is 4.86. The van der Waals surface area contributed by atoms with Crippen LogP contribution in [0.2, 0.25) is 0 Å². The van der Waals surface area contributed by atoms with Gasteiger partial charge in [0, 0.05) is 11.3 Å². The highest BCUT2D eigenvalue weighted by Crippen LogP contribution is 2.22. The largest absolute Gasteiger partial charge is 0.335 e. The Labute approximate surface area is 156 Å². The van der Waals surface area contributed by atoms with Crippen molar-refractivity contribution >= 4 is 23.4 Å². The summed E-state index contributed by atoms with van der Waals surface area (Å²) in [6.07, 6.45) is 0.972. The maximum atomic E-state index is 12.1. The van der Waals surface area contributed by atoms with Gasteiger partial charge >= 0.3 is 0 Å². The zero-order chi connectivity index (χ0) is 18.5. The van der Waals surface area contributed by atoms with E-state index in [-0.39, 0.29) is 11.7 Å². The Morgan fingerprint density at radius 3 is 2.65 bits per heavy atom. The van der Waals surface area contributed by atoms with Crippen molar-refractivity contribution < 1.29 is 4.79 Å². The molecule has 0 saturated heterocycles. The van der Waals surface area contributed by atoms with Crippen molar-refractivity contribution in [2.45, 2.75) is 25.4 Å². The van der Waals surface area contributed by atoms with Crippen LogP contribution in [-0.2, 0) is 11.2 Å². The van der Waals surface area contributed by atoms with Gasteiger partial charge in [-0.2, -0.15) is 0 Å². The summed E-state index contributed by atoms with van der Waals surface area (Å²) in [6, 6.07) is 15.7. The highest BCUT2D eigenvalue weighted by molar-refractivity contribution is 7.99. The van der Waals surface area contributed by atoms with Gasteiger partial charge in [-0.1, -0.05) is 54.6 Å². The van der Waals surface area contributed by atoms with Crippen molar-refractivity contribution in [1.82, 2.24) is 14.9 Å². The predicted molar refractivity (Wildman–Crippen MR) is 106 cm³/mol. The first-order chi connectivity index (χ1) is 12.6. The van der Waals surface area contributed by atoms with Gasteiger partial charge in [-0.05, 0) is 37.1 Å². The molecule has 6 nitrogen and oxygen atoms in total. The number of nitrogen functional groups attached to an aromatic ring is 1. The van der Waals surface area contributed by atoms with E-state index in [4.69, 9.17) is 5.84 Å². The molecular weight excluding hydrogens is 346 g/mol. The lowest BCUT2D eigenvalue weighted by molar-refractivity contribution is -0.113. The maximum absolute atomic E-state index is 12.1. The summed E-state index contributed by atoms with van der Waals surface area (Å²) in [7, 11) is 0. The smallest absolute Gasteiger partial charge is 0.234 e. The average Bonchev–Trinajstić information content (AvgIpc) is 3.01. The highest BCUT2D eigenvalue weighted by atomic mass is 32.2. The number of carbonyl (C=O) groups is 1. The summed E-state index contributed by atoms with van der Waals surface area (Å²) < 4.78 is 1.42. The molecule has 1 aromatic heterocycles. The lowest BCUT2D eigenvalue weighted by Crippen LogP contribution is -2.16. The van der Waals surface area contributed by atoms with Crippen LogP contribution in [0.3, 0.4) is 0 Å². The fourth-order valence-electron chi connectivity index (χ4n) is 2.51. The van der Waals surface area contributed by atoms with E-state index in [1.54, 1.807) is 0 Å². The fourth-order valence-corrected chi connectivity index (χ4v) is 3.16. The number of amides is 1. The van der Waals surface area contributed by atoms with Gasteiger partial charge < -0.3 is 11.2 Å². The average molecular weight is 367 g/mol. The van der Waals surface area contributed by atoms with Crippen molar-refractivity contribution in [2.24, 2.45) is 0 Å². The minimum atomic E-state index is -0.112. The molecule has 3 aromatic rings. The summed E-state index contributed by atoms with van der Waals surface area (Å²) in [5.74, 6) is 6.77. The van der Waals surface area contributed by atoms with E-state index < -0.39 is 0 Å². The third-order valence-electron chi connectivity index (χ3n) is 3.92. The van der Waals surface area contributed by atoms with Gasteiger partial charge in [0.05, 0.1) is 5.75 Å². The second-order valence-corrected chi connectivity index (χ2v) is 6.88. The molecule has 3 N–H and O–H groups in total. The molecule has 0 aliphatic heterocycles. The van der Waals surface area contributed by atoms with Crippen LogP contribution in [0.5, 0.6) is 0 Å². The van der Waals surface area contributed by atoms with Crippen molar-refractivity contribution in [3.05, 3.63) is 59.7 Å². The first kappa shape index (κ1) is 18.0. The van der Waals surface area contributed by atoms with Crippen LogP contribution in [0, 0.1) is 6.92 Å². The van der Waals surface area contributed by atoms with Gasteiger partial charge in [-0.25, -0.2) is 4.68 Å². The summed E-state index contributed by atoms with van der Waals surface area (Å²) >= 11 is 1.25. The van der Waals surface area contributed by atoms with E-state index in [0.717, 1.165) is 23.2 Å². The number of nitrogens with one attached hydrogen (secondary N) is 1. The summed E-state index contributed by atoms with van der Waals surface area (Å²) in [5.41, 5.74) is 4.03. The minimum absolute atomic E-state index is 0.112. The van der Waals surface area contributed by atoms with Gasteiger partial charge in [0.15, 0.2) is 5.82 Å². The van der Waals surface area contributed by atoms with Crippen LogP contribution in [0.1, 0.15) is 18.1 Å². The van der Waals surface area contributed by atoms with E-state index >= 15 is 0 Å². The Balaban J connectivity index is 1.61. The number of nitrogens with two attached hydrogens (primary N) is 1. The van der Waals surface area contributed by atoms with E-state index in [9.17, 15) is 4.79 Å². The molecule has 26 heavy (non-hydrogen) atoms. The van der Waals surface area contributed by atoms with Gasteiger partial charge in [0.1, 0.15) is 0 Å². The number of thioether (sulfide) groups is 1. The highest BCUT2D eigenvalue weighted by Gasteiger charge is 2.14. The number of aryl methyl sites for hydroxylation is 2. The standard InChI is InChI=1S/C19H21N5OS/c1-3-14-7-9-16(10-8-14)21-17(25)12-26-19-23-22-18(24(19)20)15-6-4-5-13(2)11-15/h4-11H,3,12,20H2,1-2H3,(H,21,25). The quantitative estimate of drug-likeness (QED) is 0.516. The molecule has 0 aliphatic carbocycles. The fraction of sp³-hybridized carbons (Fsp3) is 0.211. The Morgan fingerprint density at radius 2 is 1.96 bits per heavy atom. The molecule has 0 atom stereocenters. The zero-order valence-electron chi connectivity index (χ0n) is 14.8. The van der Waals surface area contributed by atoms with Crippen LogP contribution >= 0.6 is 11.8 Å². The van der Waals surface area contributed by atoms with Gasteiger partial charge in [-0.3, -0.25) is 4.79 Å². The van der Waals surface area contributed by atoms with Crippen LogP contribution in [0.4, 0.5) is 5.69 Å². The SMILES string of the molecule is CCc1ccc(NC(=O)CSc2nnc(-c3cccc(C)c3)n2N)cc1. The third kappa shape index (κ3) is 4.23. The first-order valence-electron chi connectivity index (χ1n) is 8.36. The summed E-state index contributed by atoms with van der Waals surface area (Å²) in [5, 5.41) is 11.6. The molecule has 0 unspecified atom stereocenters. The maximum Gasteiger partial charge on any atom is 0.234 e. The van der Waals surface area contributed by atoms with Gasteiger partial charge in [0.25, 0.3) is 0 Å². The normalized spacial score (nSPS) is 10.7. The Hall–Kier alpha value is -2.80. The number of aromatic nitrogens is 3. The van der Waals surface area contributed by atoms with Crippen molar-refractivity contribution in [3.8, 4) is 11.4 Å². The second-order valence-electron chi connectivity index (χ2n) is 5.93. The van der Waals surface area contributed by atoms with Crippen LogP contribution < -0.4 is 11.2 Å².